The van der Waals surface area contributed by atoms with Crippen LogP contribution in [0.2, 0.25) is 0 Å². The number of nitrogens with one attached hydrogen (secondary N) is 1. The first-order chi connectivity index (χ1) is 10.7. The highest BCUT2D eigenvalue weighted by molar-refractivity contribution is 5.75. The molecular weight excluding hydrogens is 321 g/mol. The Bertz CT molecular complexity index is 321. The highest BCUT2D eigenvalue weighted by Gasteiger charge is 2.56. The van der Waals surface area contributed by atoms with Crippen molar-refractivity contribution in [3.8, 4) is 0 Å². The topological polar surface area (TPSA) is 49.0 Å². The van der Waals surface area contributed by atoms with Crippen LogP contribution in [-0.4, -0.2) is 31.2 Å². The quantitative estimate of drug-likeness (QED) is 0.383. The molecule has 0 aliphatic rings. The summed E-state index contributed by atoms with van der Waals surface area (Å²) in [6.07, 6.45) is -0.926. The van der Waals surface area contributed by atoms with Crippen molar-refractivity contribution in [2.75, 3.05) is 13.2 Å². The fourth-order valence-electron chi connectivity index (χ4n) is 2.04. The van der Waals surface area contributed by atoms with E-state index in [-0.39, 0.29) is 25.5 Å². The number of rotatable bonds is 13. The summed E-state index contributed by atoms with van der Waals surface area (Å²) in [4.78, 5) is 11.4. The third-order valence-electron chi connectivity index (χ3n) is 3.45. The fourth-order valence-corrected chi connectivity index (χ4v) is 2.04. The van der Waals surface area contributed by atoms with Crippen LogP contribution < -0.4 is 5.32 Å². The van der Waals surface area contributed by atoms with E-state index in [1.165, 1.54) is 0 Å². The van der Waals surface area contributed by atoms with Crippen LogP contribution in [0.3, 0.4) is 0 Å². The van der Waals surface area contributed by atoms with Crippen LogP contribution in [0.4, 0.5) is 22.0 Å². The van der Waals surface area contributed by atoms with E-state index < -0.39 is 24.9 Å². The molecular formula is C15H25F5NO2. The number of hydrogen-bond donors (Lipinski definition) is 1. The summed E-state index contributed by atoms with van der Waals surface area (Å²) in [5.74, 6) is -5.03. The molecule has 1 N–H and O–H groups in total. The first-order valence-corrected chi connectivity index (χ1v) is 8.00. The third-order valence-corrected chi connectivity index (χ3v) is 3.45. The Morgan fingerprint density at radius 3 is 1.83 bits per heavy atom. The van der Waals surface area contributed by atoms with Crippen molar-refractivity contribution in [2.24, 2.45) is 0 Å². The summed E-state index contributed by atoms with van der Waals surface area (Å²) >= 11 is 0. The minimum atomic E-state index is -5.54. The van der Waals surface area contributed by atoms with Crippen LogP contribution in [0.15, 0.2) is 0 Å². The molecule has 0 rings (SSSR count). The normalized spacial score (nSPS) is 12.4. The Morgan fingerprint density at radius 1 is 0.783 bits per heavy atom. The summed E-state index contributed by atoms with van der Waals surface area (Å²) in [7, 11) is 0. The average molecular weight is 346 g/mol. The predicted octanol–water partition coefficient (Wildman–Crippen LogP) is 4.63. The fraction of sp³-hybridized carbons (Fsp3) is 0.933. The van der Waals surface area contributed by atoms with Crippen molar-refractivity contribution in [1.82, 2.24) is 5.32 Å². The van der Waals surface area contributed by atoms with Crippen molar-refractivity contribution >= 4 is 5.91 Å². The Hall–Kier alpha value is -0.920. The van der Waals surface area contributed by atoms with E-state index in [0.717, 1.165) is 32.1 Å². The lowest BCUT2D eigenvalue weighted by atomic mass is 10.1. The van der Waals surface area contributed by atoms with Gasteiger partial charge in [0, 0.05) is 19.4 Å². The van der Waals surface area contributed by atoms with E-state index in [1.807, 2.05) is 0 Å². The van der Waals surface area contributed by atoms with Crippen LogP contribution in [0, 0.1) is 0 Å². The van der Waals surface area contributed by atoms with Crippen LogP contribution in [0.5, 0.6) is 0 Å². The summed E-state index contributed by atoms with van der Waals surface area (Å²) in [6, 6.07) is 0. The van der Waals surface area contributed by atoms with E-state index in [1.54, 1.807) is 0 Å². The lowest BCUT2D eigenvalue weighted by Gasteiger charge is -2.19. The van der Waals surface area contributed by atoms with Crippen molar-refractivity contribution < 1.29 is 31.9 Å². The molecule has 1 amide bonds. The summed E-state index contributed by atoms with van der Waals surface area (Å²) in [5, 5.41) is 12.6. The number of carbonyl (C=O) groups excluding carboxylic acids is 1. The zero-order valence-electron chi connectivity index (χ0n) is 13.2. The maximum Gasteiger partial charge on any atom is 0.453 e. The highest BCUT2D eigenvalue weighted by Crippen LogP contribution is 2.38. The van der Waals surface area contributed by atoms with Gasteiger partial charge in [0.2, 0.25) is 5.91 Å². The van der Waals surface area contributed by atoms with Gasteiger partial charge in [0.15, 0.2) is 0 Å². The highest BCUT2D eigenvalue weighted by atomic mass is 19.4. The van der Waals surface area contributed by atoms with Gasteiger partial charge in [-0.25, -0.2) is 5.11 Å². The number of hydrogen-bond acceptors (Lipinski definition) is 1. The van der Waals surface area contributed by atoms with E-state index in [0.29, 0.717) is 12.8 Å². The smallest absolute Gasteiger partial charge is 0.356 e. The van der Waals surface area contributed by atoms with Crippen LogP contribution in [0.1, 0.15) is 64.2 Å². The van der Waals surface area contributed by atoms with Crippen LogP contribution in [0.25, 0.3) is 0 Å². The van der Waals surface area contributed by atoms with Gasteiger partial charge in [-0.2, -0.15) is 22.0 Å². The molecule has 0 aromatic heterocycles. The molecule has 0 fully saturated rings. The minimum absolute atomic E-state index is 0.0466. The molecule has 137 valence electrons. The van der Waals surface area contributed by atoms with Crippen LogP contribution >= 0.6 is 0 Å². The molecule has 0 aliphatic heterocycles. The standard InChI is InChI=1S/C15H25F5NO2/c16-14(17,15(18,19)20)10-8-11-21-13(23)9-6-4-2-1-3-5-7-12-22/h1-12H2,(H,21,23). The number of alkyl halides is 5. The predicted molar refractivity (Wildman–Crippen MR) is 75.7 cm³/mol. The molecule has 1 radical (unpaired) electrons. The molecule has 3 nitrogen and oxygen atoms in total. The molecule has 0 atom stereocenters. The van der Waals surface area contributed by atoms with Gasteiger partial charge >= 0.3 is 12.1 Å². The number of amides is 1. The summed E-state index contributed by atoms with van der Waals surface area (Å²) < 4.78 is 60.9. The van der Waals surface area contributed by atoms with Gasteiger partial charge in [0.05, 0.1) is 6.61 Å². The van der Waals surface area contributed by atoms with E-state index in [4.69, 9.17) is 0 Å². The molecule has 0 heterocycles. The van der Waals surface area contributed by atoms with Crippen molar-refractivity contribution in [2.45, 2.75) is 76.3 Å². The summed E-state index contributed by atoms with van der Waals surface area (Å²) in [5.41, 5.74) is 0. The molecule has 0 saturated heterocycles. The van der Waals surface area contributed by atoms with Gasteiger partial charge in [-0.05, 0) is 19.3 Å². The second kappa shape index (κ2) is 11.6. The maximum atomic E-state index is 12.6. The molecule has 23 heavy (non-hydrogen) atoms. The largest absolute Gasteiger partial charge is 0.453 e. The second-order valence-corrected chi connectivity index (χ2v) is 5.58. The van der Waals surface area contributed by atoms with Crippen LogP contribution in [-0.2, 0) is 9.90 Å². The zero-order chi connectivity index (χ0) is 17.8. The van der Waals surface area contributed by atoms with Crippen molar-refractivity contribution in [1.29, 1.82) is 0 Å². The lowest BCUT2D eigenvalue weighted by Crippen LogP contribution is -2.37. The van der Waals surface area contributed by atoms with Gasteiger partial charge < -0.3 is 5.32 Å². The Morgan fingerprint density at radius 2 is 1.30 bits per heavy atom. The monoisotopic (exact) mass is 346 g/mol. The average Bonchev–Trinajstić information content (AvgIpc) is 2.45. The molecule has 0 aromatic rings. The van der Waals surface area contributed by atoms with Gasteiger partial charge in [0.1, 0.15) is 0 Å². The van der Waals surface area contributed by atoms with Gasteiger partial charge in [-0.15, -0.1) is 0 Å². The zero-order valence-corrected chi connectivity index (χ0v) is 13.2. The maximum absolute atomic E-state index is 12.6. The van der Waals surface area contributed by atoms with Crippen molar-refractivity contribution in [3.63, 3.8) is 0 Å². The lowest BCUT2D eigenvalue weighted by molar-refractivity contribution is -0.284. The Kier molecular flexibility index (Phi) is 11.1. The van der Waals surface area contributed by atoms with E-state index in [9.17, 15) is 31.9 Å². The number of unbranched alkanes of at least 4 members (excludes halogenated alkanes) is 6. The molecule has 0 bridgehead atoms. The Balaban J connectivity index is 3.51. The third kappa shape index (κ3) is 11.3. The first-order valence-electron chi connectivity index (χ1n) is 8.00. The van der Waals surface area contributed by atoms with E-state index >= 15 is 0 Å². The van der Waals surface area contributed by atoms with Gasteiger partial charge in [-0.3, -0.25) is 4.79 Å². The molecule has 0 unspecified atom stereocenters. The first kappa shape index (κ1) is 22.1. The Labute approximate surface area is 133 Å². The molecule has 8 heteroatoms. The molecule has 0 aliphatic carbocycles. The number of halogens is 5. The van der Waals surface area contributed by atoms with Gasteiger partial charge in [-0.1, -0.05) is 32.1 Å². The molecule has 0 saturated carbocycles. The van der Waals surface area contributed by atoms with Crippen molar-refractivity contribution in [3.05, 3.63) is 0 Å². The molecule has 0 aromatic carbocycles. The SMILES string of the molecule is [O]CCCCCCCCCC(=O)NCCCC(F)(F)C(F)(F)F. The van der Waals surface area contributed by atoms with E-state index in [2.05, 4.69) is 5.32 Å². The number of carbonyl (C=O) groups is 1. The second-order valence-electron chi connectivity index (χ2n) is 5.58. The summed E-state index contributed by atoms with van der Waals surface area (Å²) in [6.45, 7) is -0.227. The minimum Gasteiger partial charge on any atom is -0.356 e. The molecule has 0 spiro atoms. The van der Waals surface area contributed by atoms with Gasteiger partial charge in [0.25, 0.3) is 0 Å².